The van der Waals surface area contributed by atoms with E-state index in [1.54, 1.807) is 16.3 Å². The first-order valence-corrected chi connectivity index (χ1v) is 9.65. The molecular formula is C21H23N5O3. The van der Waals surface area contributed by atoms with Crippen LogP contribution in [-0.2, 0) is 33.7 Å². The number of carbonyl (C=O) groups excluding carboxylic acids is 2. The predicted molar refractivity (Wildman–Crippen MR) is 105 cm³/mol. The smallest absolute Gasteiger partial charge is 0.311 e. The quantitative estimate of drug-likeness (QED) is 0.628. The molecule has 0 aliphatic carbocycles. The molecule has 0 bridgehead atoms. The Hall–Kier alpha value is -3.29. The minimum Gasteiger partial charge on any atom is -0.452 e. The fourth-order valence-corrected chi connectivity index (χ4v) is 3.79. The summed E-state index contributed by atoms with van der Waals surface area (Å²) in [6, 6.07) is 8.10. The van der Waals surface area contributed by atoms with E-state index >= 15 is 0 Å². The highest BCUT2D eigenvalue weighted by Crippen LogP contribution is 2.20. The maximum absolute atomic E-state index is 12.8. The summed E-state index contributed by atoms with van der Waals surface area (Å²) in [6.45, 7) is 6.48. The molecule has 0 unspecified atom stereocenters. The molecule has 2 aromatic heterocycles. The van der Waals surface area contributed by atoms with Gasteiger partial charge >= 0.3 is 5.97 Å². The Kier molecular flexibility index (Phi) is 5.00. The van der Waals surface area contributed by atoms with Crippen molar-refractivity contribution in [3.63, 3.8) is 0 Å². The van der Waals surface area contributed by atoms with Crippen LogP contribution >= 0.6 is 0 Å². The van der Waals surface area contributed by atoms with E-state index in [0.717, 1.165) is 23.2 Å². The van der Waals surface area contributed by atoms with Crippen LogP contribution in [0.15, 0.2) is 30.6 Å². The molecule has 1 aliphatic heterocycles. The van der Waals surface area contributed by atoms with Crippen molar-refractivity contribution in [2.75, 3.05) is 6.54 Å². The average molecular weight is 393 g/mol. The highest BCUT2D eigenvalue weighted by Gasteiger charge is 2.27. The summed E-state index contributed by atoms with van der Waals surface area (Å²) in [5.41, 5.74) is 4.63. The number of benzene rings is 1. The largest absolute Gasteiger partial charge is 0.452 e. The van der Waals surface area contributed by atoms with E-state index in [2.05, 4.69) is 21.1 Å². The van der Waals surface area contributed by atoms with Crippen molar-refractivity contribution < 1.29 is 14.3 Å². The van der Waals surface area contributed by atoms with E-state index < -0.39 is 12.1 Å². The molecule has 1 aliphatic rings. The van der Waals surface area contributed by atoms with Crippen molar-refractivity contribution >= 4 is 17.7 Å². The van der Waals surface area contributed by atoms with Crippen LogP contribution in [0.25, 0.3) is 5.78 Å². The van der Waals surface area contributed by atoms with Crippen LogP contribution < -0.4 is 0 Å². The number of rotatable bonds is 4. The highest BCUT2D eigenvalue weighted by molar-refractivity contribution is 5.84. The fraction of sp³-hybridized carbons (Fsp3) is 0.381. The molecule has 0 saturated carbocycles. The third-order valence-electron chi connectivity index (χ3n) is 5.41. The number of aryl methyl sites for hydroxylation is 2. The van der Waals surface area contributed by atoms with Gasteiger partial charge in [0, 0.05) is 30.0 Å². The first-order chi connectivity index (χ1) is 13.9. The number of fused-ring (bicyclic) bond motifs is 2. The molecule has 3 heterocycles. The molecule has 29 heavy (non-hydrogen) atoms. The summed E-state index contributed by atoms with van der Waals surface area (Å²) in [4.78, 5) is 35.5. The standard InChI is InChI=1S/C21H23N5O3/c1-13-18(14(2)26-21(24-13)22-12-23-26)10-19(27)29-15(3)20(28)25-9-8-16-6-4-5-7-17(16)11-25/h4-7,12,15H,8-11H2,1-3H3/t15-/m0/s1. The second kappa shape index (κ2) is 7.62. The molecule has 8 nitrogen and oxygen atoms in total. The zero-order valence-electron chi connectivity index (χ0n) is 16.8. The van der Waals surface area contributed by atoms with Crippen molar-refractivity contribution in [1.82, 2.24) is 24.5 Å². The van der Waals surface area contributed by atoms with Crippen molar-refractivity contribution in [1.29, 1.82) is 0 Å². The molecule has 0 spiro atoms. The molecule has 0 N–H and O–H groups in total. The summed E-state index contributed by atoms with van der Waals surface area (Å²) >= 11 is 0. The van der Waals surface area contributed by atoms with Crippen LogP contribution in [0, 0.1) is 13.8 Å². The number of amides is 1. The summed E-state index contributed by atoms with van der Waals surface area (Å²) in [7, 11) is 0. The molecule has 0 fully saturated rings. The molecular weight excluding hydrogens is 370 g/mol. The molecule has 4 rings (SSSR count). The van der Waals surface area contributed by atoms with Crippen LogP contribution in [0.4, 0.5) is 0 Å². The summed E-state index contributed by atoms with van der Waals surface area (Å²) < 4.78 is 7.05. The number of hydrogen-bond acceptors (Lipinski definition) is 6. The Morgan fingerprint density at radius 3 is 2.76 bits per heavy atom. The normalized spacial score (nSPS) is 14.5. The third-order valence-corrected chi connectivity index (χ3v) is 5.41. The Morgan fingerprint density at radius 1 is 1.21 bits per heavy atom. The summed E-state index contributed by atoms with van der Waals surface area (Å²) in [6.07, 6.45) is 1.43. The average Bonchev–Trinajstić information content (AvgIpc) is 3.18. The van der Waals surface area contributed by atoms with Crippen LogP contribution in [0.1, 0.15) is 35.0 Å². The number of carbonyl (C=O) groups is 2. The Balaban J connectivity index is 1.42. The number of aromatic nitrogens is 4. The Bertz CT molecular complexity index is 1090. The zero-order chi connectivity index (χ0) is 20.5. The van der Waals surface area contributed by atoms with E-state index in [9.17, 15) is 9.59 Å². The van der Waals surface area contributed by atoms with Crippen LogP contribution in [0.3, 0.4) is 0 Å². The van der Waals surface area contributed by atoms with Gasteiger partial charge in [0.2, 0.25) is 0 Å². The lowest BCUT2D eigenvalue weighted by molar-refractivity contribution is -0.159. The second-order valence-corrected chi connectivity index (χ2v) is 7.32. The first-order valence-electron chi connectivity index (χ1n) is 9.65. The fourth-order valence-electron chi connectivity index (χ4n) is 3.79. The molecule has 150 valence electrons. The predicted octanol–water partition coefficient (Wildman–Crippen LogP) is 1.80. The van der Waals surface area contributed by atoms with Gasteiger partial charge in [0.25, 0.3) is 11.7 Å². The molecule has 0 radical (unpaired) electrons. The van der Waals surface area contributed by atoms with Gasteiger partial charge in [-0.1, -0.05) is 24.3 Å². The Morgan fingerprint density at radius 2 is 1.97 bits per heavy atom. The van der Waals surface area contributed by atoms with E-state index in [-0.39, 0.29) is 12.3 Å². The molecule has 0 saturated heterocycles. The molecule has 1 amide bonds. The lowest BCUT2D eigenvalue weighted by Gasteiger charge is -2.30. The lowest BCUT2D eigenvalue weighted by Crippen LogP contribution is -2.42. The van der Waals surface area contributed by atoms with Crippen molar-refractivity contribution in [2.24, 2.45) is 0 Å². The van der Waals surface area contributed by atoms with E-state index in [1.165, 1.54) is 11.9 Å². The monoisotopic (exact) mass is 393 g/mol. The summed E-state index contributed by atoms with van der Waals surface area (Å²) in [5, 5.41) is 4.13. The van der Waals surface area contributed by atoms with Gasteiger partial charge in [0.15, 0.2) is 6.10 Å². The second-order valence-electron chi connectivity index (χ2n) is 7.32. The van der Waals surface area contributed by atoms with E-state index in [4.69, 9.17) is 4.74 Å². The molecule has 8 heteroatoms. The van der Waals surface area contributed by atoms with E-state index in [0.29, 0.717) is 24.6 Å². The first kappa shape index (κ1) is 19.0. The molecule has 1 atom stereocenters. The maximum atomic E-state index is 12.8. The van der Waals surface area contributed by atoms with Gasteiger partial charge in [0.1, 0.15) is 6.33 Å². The van der Waals surface area contributed by atoms with Crippen molar-refractivity contribution in [3.05, 3.63) is 58.7 Å². The SMILES string of the molecule is Cc1nc2ncnn2c(C)c1CC(=O)O[C@@H](C)C(=O)N1CCc2ccccc2C1. The van der Waals surface area contributed by atoms with Gasteiger partial charge in [-0.3, -0.25) is 9.59 Å². The minimum atomic E-state index is -0.837. The molecule has 3 aromatic rings. The van der Waals surface area contributed by atoms with Crippen LogP contribution in [0.2, 0.25) is 0 Å². The number of esters is 1. The van der Waals surface area contributed by atoms with Crippen molar-refractivity contribution in [2.45, 2.75) is 46.3 Å². The number of nitrogens with zero attached hydrogens (tertiary/aromatic N) is 5. The van der Waals surface area contributed by atoms with Crippen LogP contribution in [0.5, 0.6) is 0 Å². The molecule has 1 aromatic carbocycles. The zero-order valence-corrected chi connectivity index (χ0v) is 16.8. The van der Waals surface area contributed by atoms with Gasteiger partial charge in [0.05, 0.1) is 6.42 Å². The van der Waals surface area contributed by atoms with Gasteiger partial charge in [-0.2, -0.15) is 10.1 Å². The van der Waals surface area contributed by atoms with Crippen molar-refractivity contribution in [3.8, 4) is 0 Å². The van der Waals surface area contributed by atoms with Gasteiger partial charge in [-0.25, -0.2) is 9.50 Å². The lowest BCUT2D eigenvalue weighted by atomic mass is 9.99. The number of hydrogen-bond donors (Lipinski definition) is 0. The topological polar surface area (TPSA) is 89.7 Å². The van der Waals surface area contributed by atoms with Crippen LogP contribution in [-0.4, -0.2) is 49.0 Å². The van der Waals surface area contributed by atoms with Gasteiger partial charge in [-0.05, 0) is 38.3 Å². The number of ether oxygens (including phenoxy) is 1. The third kappa shape index (κ3) is 3.70. The van der Waals surface area contributed by atoms with E-state index in [1.807, 2.05) is 32.0 Å². The maximum Gasteiger partial charge on any atom is 0.311 e. The van der Waals surface area contributed by atoms with Gasteiger partial charge < -0.3 is 9.64 Å². The highest BCUT2D eigenvalue weighted by atomic mass is 16.5. The summed E-state index contributed by atoms with van der Waals surface area (Å²) in [5.74, 6) is -0.145. The Labute approximate surface area is 168 Å². The van der Waals surface area contributed by atoms with Gasteiger partial charge in [-0.15, -0.1) is 0 Å². The minimum absolute atomic E-state index is 0.0287.